The predicted octanol–water partition coefficient (Wildman–Crippen LogP) is 3.25. The van der Waals surface area contributed by atoms with Gasteiger partial charge >= 0.3 is 0 Å². The Morgan fingerprint density at radius 2 is 2.08 bits per heavy atom. The molecule has 0 unspecified atom stereocenters. The van der Waals surface area contributed by atoms with Crippen LogP contribution in [0.4, 0.5) is 5.69 Å². The molecule has 0 radical (unpaired) electrons. The monoisotopic (exact) mass is 361 g/mol. The van der Waals surface area contributed by atoms with Crippen LogP contribution in [0.5, 0.6) is 0 Å². The molecule has 1 aromatic carbocycles. The van der Waals surface area contributed by atoms with Crippen LogP contribution in [0.2, 0.25) is 0 Å². The second-order valence-electron chi connectivity index (χ2n) is 5.59. The number of anilines is 1. The van der Waals surface area contributed by atoms with Crippen molar-refractivity contribution in [1.82, 2.24) is 10.2 Å². The van der Waals surface area contributed by atoms with Gasteiger partial charge in [-0.2, -0.15) is 0 Å². The summed E-state index contributed by atoms with van der Waals surface area (Å²) >= 11 is 1.17. The minimum Gasteiger partial charge on any atom is -0.421 e. The summed E-state index contributed by atoms with van der Waals surface area (Å²) in [5.41, 5.74) is 2.47. The average molecular weight is 361 g/mol. The van der Waals surface area contributed by atoms with Crippen LogP contribution >= 0.6 is 11.3 Å². The van der Waals surface area contributed by atoms with Crippen molar-refractivity contribution in [3.05, 3.63) is 47.2 Å². The van der Waals surface area contributed by atoms with E-state index in [1.165, 1.54) is 15.6 Å². The number of nitrogens with zero attached hydrogens (tertiary/aromatic N) is 3. The lowest BCUT2D eigenvalue weighted by Gasteiger charge is -2.29. The lowest BCUT2D eigenvalue weighted by Crippen LogP contribution is -2.35. The number of benzene rings is 1. The van der Waals surface area contributed by atoms with Gasteiger partial charge in [0.25, 0.3) is 10.0 Å². The molecule has 4 rings (SSSR count). The number of hydrogen-bond acceptors (Lipinski definition) is 6. The Hall–Kier alpha value is -2.19. The molecule has 124 valence electrons. The molecule has 1 aliphatic rings. The zero-order chi connectivity index (χ0) is 16.7. The highest BCUT2D eigenvalue weighted by atomic mass is 32.2. The molecule has 3 aromatic rings. The van der Waals surface area contributed by atoms with Crippen molar-refractivity contribution in [2.45, 2.75) is 24.0 Å². The van der Waals surface area contributed by atoms with Gasteiger partial charge in [-0.1, -0.05) is 18.2 Å². The van der Waals surface area contributed by atoms with E-state index in [0.717, 1.165) is 24.1 Å². The van der Waals surface area contributed by atoms with Gasteiger partial charge in [-0.05, 0) is 30.5 Å². The molecular formula is C16H15N3O3S2. The molecule has 3 heterocycles. The number of hydrogen-bond donors (Lipinski definition) is 0. The number of fused-ring (bicyclic) bond motifs is 1. The maximum absolute atomic E-state index is 13.1. The number of rotatable bonds is 3. The van der Waals surface area contributed by atoms with Crippen LogP contribution < -0.4 is 4.31 Å². The van der Waals surface area contributed by atoms with E-state index in [-0.39, 0.29) is 4.21 Å². The van der Waals surface area contributed by atoms with Crippen LogP contribution in [0.15, 0.2) is 44.3 Å². The van der Waals surface area contributed by atoms with Crippen LogP contribution in [0.3, 0.4) is 0 Å². The third-order valence-electron chi connectivity index (χ3n) is 3.96. The molecule has 0 amide bonds. The van der Waals surface area contributed by atoms with E-state index in [4.69, 9.17) is 4.42 Å². The Morgan fingerprint density at radius 3 is 2.88 bits per heavy atom. The van der Waals surface area contributed by atoms with E-state index in [9.17, 15) is 8.42 Å². The highest BCUT2D eigenvalue weighted by molar-refractivity contribution is 7.94. The summed E-state index contributed by atoms with van der Waals surface area (Å²) in [5.74, 6) is 0.787. The maximum Gasteiger partial charge on any atom is 0.273 e. The fourth-order valence-electron chi connectivity index (χ4n) is 2.83. The van der Waals surface area contributed by atoms with Gasteiger partial charge in [-0.15, -0.1) is 21.5 Å². The Kier molecular flexibility index (Phi) is 3.65. The molecule has 0 atom stereocenters. The first-order valence-corrected chi connectivity index (χ1v) is 9.87. The summed E-state index contributed by atoms with van der Waals surface area (Å²) in [5, 5.41) is 9.46. The van der Waals surface area contributed by atoms with Crippen molar-refractivity contribution in [1.29, 1.82) is 0 Å². The van der Waals surface area contributed by atoms with E-state index in [1.807, 2.05) is 24.3 Å². The Bertz CT molecular complexity index is 991. The van der Waals surface area contributed by atoms with E-state index < -0.39 is 10.0 Å². The molecule has 8 heteroatoms. The second-order valence-corrected chi connectivity index (χ2v) is 8.59. The van der Waals surface area contributed by atoms with Gasteiger partial charge < -0.3 is 4.42 Å². The first-order chi connectivity index (χ1) is 11.6. The quantitative estimate of drug-likeness (QED) is 0.716. The van der Waals surface area contributed by atoms with Crippen LogP contribution in [-0.2, 0) is 16.4 Å². The minimum absolute atomic E-state index is 0.282. The highest BCUT2D eigenvalue weighted by Gasteiger charge is 2.30. The standard InChI is InChI=1S/C16H15N3O3S2/c1-11-17-18-16(22-11)13-9-15(23-10-13)24(20,21)19-8-4-6-12-5-2-3-7-14(12)19/h2-3,5,7,9-10H,4,6,8H2,1H3. The molecule has 24 heavy (non-hydrogen) atoms. The van der Waals surface area contributed by atoms with Crippen molar-refractivity contribution in [3.8, 4) is 11.5 Å². The normalized spacial score (nSPS) is 14.6. The molecule has 0 bridgehead atoms. The third kappa shape index (κ3) is 2.51. The summed E-state index contributed by atoms with van der Waals surface area (Å²) in [7, 11) is -3.59. The van der Waals surface area contributed by atoms with E-state index in [1.54, 1.807) is 18.4 Å². The van der Waals surface area contributed by atoms with Gasteiger partial charge in [0, 0.05) is 18.8 Å². The molecule has 0 spiro atoms. The Balaban J connectivity index is 1.73. The summed E-state index contributed by atoms with van der Waals surface area (Å²) in [6.07, 6.45) is 1.72. The lowest BCUT2D eigenvalue weighted by molar-refractivity contribution is 0.533. The van der Waals surface area contributed by atoms with Gasteiger partial charge in [0.1, 0.15) is 4.21 Å². The summed E-state index contributed by atoms with van der Waals surface area (Å²) in [6.45, 7) is 2.19. The Labute approximate surface area is 143 Å². The summed E-state index contributed by atoms with van der Waals surface area (Å²) < 4.78 is 33.3. The van der Waals surface area contributed by atoms with Crippen molar-refractivity contribution in [2.24, 2.45) is 0 Å². The molecule has 6 nitrogen and oxygen atoms in total. The minimum atomic E-state index is -3.59. The SMILES string of the molecule is Cc1nnc(-c2csc(S(=O)(=O)N3CCCc4ccccc43)c2)o1. The molecule has 0 N–H and O–H groups in total. The van der Waals surface area contributed by atoms with E-state index in [2.05, 4.69) is 10.2 Å². The molecule has 0 saturated carbocycles. The van der Waals surface area contributed by atoms with Crippen molar-refractivity contribution in [2.75, 3.05) is 10.8 Å². The number of aromatic nitrogens is 2. The number of thiophene rings is 1. The van der Waals surface area contributed by atoms with Crippen LogP contribution in [0, 0.1) is 6.92 Å². The van der Waals surface area contributed by atoms with Crippen molar-refractivity contribution < 1.29 is 12.8 Å². The molecule has 2 aromatic heterocycles. The van der Waals surface area contributed by atoms with Crippen molar-refractivity contribution in [3.63, 3.8) is 0 Å². The van der Waals surface area contributed by atoms with Gasteiger partial charge in [0.05, 0.1) is 11.3 Å². The van der Waals surface area contributed by atoms with Crippen LogP contribution in [0.1, 0.15) is 17.9 Å². The second kappa shape index (κ2) is 5.71. The third-order valence-corrected chi connectivity index (χ3v) is 7.19. The molecular weight excluding hydrogens is 346 g/mol. The number of sulfonamides is 1. The van der Waals surface area contributed by atoms with Gasteiger partial charge in [-0.3, -0.25) is 4.31 Å². The topological polar surface area (TPSA) is 76.3 Å². The highest BCUT2D eigenvalue weighted by Crippen LogP contribution is 2.35. The predicted molar refractivity (Wildman–Crippen MR) is 91.6 cm³/mol. The van der Waals surface area contributed by atoms with Gasteiger partial charge in [0.15, 0.2) is 0 Å². The molecule has 1 aliphatic heterocycles. The largest absolute Gasteiger partial charge is 0.421 e. The first-order valence-electron chi connectivity index (χ1n) is 7.55. The fraction of sp³-hybridized carbons (Fsp3) is 0.250. The zero-order valence-electron chi connectivity index (χ0n) is 13.0. The van der Waals surface area contributed by atoms with Crippen LogP contribution in [0.25, 0.3) is 11.5 Å². The summed E-state index contributed by atoms with van der Waals surface area (Å²) in [6, 6.07) is 9.26. The van der Waals surface area contributed by atoms with Crippen molar-refractivity contribution >= 4 is 27.0 Å². The van der Waals surface area contributed by atoms with Gasteiger partial charge in [-0.25, -0.2) is 8.42 Å². The molecule has 0 aliphatic carbocycles. The number of para-hydroxylation sites is 1. The number of aryl methyl sites for hydroxylation is 2. The van der Waals surface area contributed by atoms with Gasteiger partial charge in [0.2, 0.25) is 11.8 Å². The lowest BCUT2D eigenvalue weighted by atomic mass is 10.0. The van der Waals surface area contributed by atoms with E-state index in [0.29, 0.717) is 23.9 Å². The molecule has 0 fully saturated rings. The fourth-order valence-corrected chi connectivity index (χ4v) is 5.64. The summed E-state index contributed by atoms with van der Waals surface area (Å²) in [4.78, 5) is 0. The zero-order valence-corrected chi connectivity index (χ0v) is 14.6. The van der Waals surface area contributed by atoms with E-state index >= 15 is 0 Å². The average Bonchev–Trinajstić information content (AvgIpc) is 3.23. The maximum atomic E-state index is 13.1. The molecule has 0 saturated heterocycles. The first kappa shape index (κ1) is 15.3. The van der Waals surface area contributed by atoms with Crippen LogP contribution in [-0.4, -0.2) is 25.2 Å². The smallest absolute Gasteiger partial charge is 0.273 e. The Morgan fingerprint density at radius 1 is 1.25 bits per heavy atom.